The van der Waals surface area contributed by atoms with E-state index in [9.17, 15) is 32.7 Å². The molecule has 1 spiro atoms. The van der Waals surface area contributed by atoms with Gasteiger partial charge in [0.05, 0.1) is 17.6 Å². The molecule has 2 heterocycles. The highest BCUT2D eigenvalue weighted by atomic mass is 19.4. The number of aliphatic hydroxyl groups excluding tert-OH is 1. The molecule has 6 aliphatic rings. The molecule has 0 aromatic heterocycles. The Bertz CT molecular complexity index is 1700. The van der Waals surface area contributed by atoms with Gasteiger partial charge < -0.3 is 24.1 Å². The molecular weight excluding hydrogens is 641 g/mol. The fourth-order valence-electron chi connectivity index (χ4n) is 10.3. The normalized spacial score (nSPS) is 40.0. The molecule has 11 heteroatoms. The number of alkyl halides is 3. The highest BCUT2D eigenvalue weighted by molar-refractivity contribution is 5.98. The fraction of sp³-hybridized carbons (Fsp3) is 0.605. The summed E-state index contributed by atoms with van der Waals surface area (Å²) in [5.41, 5.74) is -3.19. The summed E-state index contributed by atoms with van der Waals surface area (Å²) in [5.74, 6) is -2.77. The van der Waals surface area contributed by atoms with E-state index in [1.807, 2.05) is 20.8 Å². The zero-order chi connectivity index (χ0) is 35.5. The maximum absolute atomic E-state index is 14.7. The third-order valence-corrected chi connectivity index (χ3v) is 13.5. The molecular formula is C38H43F3O8. The number of halogens is 3. The van der Waals surface area contributed by atoms with Crippen LogP contribution in [0.25, 0.3) is 0 Å². The van der Waals surface area contributed by atoms with E-state index < -0.39 is 64.2 Å². The lowest BCUT2D eigenvalue weighted by molar-refractivity contribution is -0.279. The van der Waals surface area contributed by atoms with Crippen molar-refractivity contribution in [2.24, 2.45) is 28.6 Å². The summed E-state index contributed by atoms with van der Waals surface area (Å²) in [6.07, 6.45) is -2.80. The third-order valence-electron chi connectivity index (χ3n) is 13.5. The topological polar surface area (TPSA) is 112 Å². The Morgan fingerprint density at radius 1 is 1.10 bits per heavy atom. The van der Waals surface area contributed by atoms with Gasteiger partial charge in [0.2, 0.25) is 0 Å². The van der Waals surface area contributed by atoms with Crippen molar-refractivity contribution in [3.8, 4) is 0 Å². The first kappa shape index (κ1) is 34.2. The monoisotopic (exact) mass is 684 g/mol. The lowest BCUT2D eigenvalue weighted by Gasteiger charge is -2.53. The average Bonchev–Trinajstić information content (AvgIpc) is 3.73. The van der Waals surface area contributed by atoms with Crippen LogP contribution in [0.2, 0.25) is 0 Å². The predicted molar refractivity (Wildman–Crippen MR) is 170 cm³/mol. The zero-order valence-corrected chi connectivity index (χ0v) is 28.6. The second-order valence-electron chi connectivity index (χ2n) is 15.2. The van der Waals surface area contributed by atoms with Gasteiger partial charge in [-0.3, -0.25) is 4.79 Å². The Hall–Kier alpha value is -3.28. The minimum absolute atomic E-state index is 0.125. The van der Waals surface area contributed by atoms with Crippen molar-refractivity contribution >= 4 is 17.7 Å². The summed E-state index contributed by atoms with van der Waals surface area (Å²) in [4.78, 5) is 40.3. The number of hydrogen-bond acceptors (Lipinski definition) is 8. The highest BCUT2D eigenvalue weighted by Gasteiger charge is 2.81. The van der Waals surface area contributed by atoms with Crippen LogP contribution < -0.4 is 0 Å². The quantitative estimate of drug-likeness (QED) is 0.219. The number of epoxide rings is 1. The molecule has 2 fully saturated rings. The van der Waals surface area contributed by atoms with Crippen molar-refractivity contribution in [2.75, 3.05) is 7.11 Å². The lowest BCUT2D eigenvalue weighted by Crippen LogP contribution is -2.63. The number of fused-ring (bicyclic) bond motifs is 3. The number of hydrogen-bond donors (Lipinski definition) is 1. The maximum atomic E-state index is 14.7. The van der Waals surface area contributed by atoms with Gasteiger partial charge in [0.25, 0.3) is 5.60 Å². The molecule has 2 aliphatic heterocycles. The molecule has 1 aromatic rings. The summed E-state index contributed by atoms with van der Waals surface area (Å²) >= 11 is 0. The Morgan fingerprint density at radius 2 is 1.80 bits per heavy atom. The van der Waals surface area contributed by atoms with Crippen LogP contribution in [0.3, 0.4) is 0 Å². The van der Waals surface area contributed by atoms with Gasteiger partial charge in [0, 0.05) is 36.0 Å². The van der Waals surface area contributed by atoms with E-state index in [0.717, 1.165) is 36.0 Å². The van der Waals surface area contributed by atoms with Crippen molar-refractivity contribution < 1.29 is 51.6 Å². The number of carbonyl (C=O) groups is 3. The van der Waals surface area contributed by atoms with E-state index in [4.69, 9.17) is 18.9 Å². The molecule has 0 radical (unpaired) electrons. The second kappa shape index (κ2) is 11.1. The minimum atomic E-state index is -5.15. The average molecular weight is 685 g/mol. The molecule has 0 amide bonds. The lowest BCUT2D eigenvalue weighted by atomic mass is 9.48. The number of ketones is 1. The van der Waals surface area contributed by atoms with Crippen molar-refractivity contribution in [1.29, 1.82) is 0 Å². The summed E-state index contributed by atoms with van der Waals surface area (Å²) < 4.78 is 67.2. The summed E-state index contributed by atoms with van der Waals surface area (Å²) in [5, 5.41) is 11.7. The molecule has 4 aliphatic carbocycles. The Morgan fingerprint density at radius 3 is 2.43 bits per heavy atom. The number of esters is 2. The van der Waals surface area contributed by atoms with Gasteiger partial charge in [0.1, 0.15) is 11.7 Å². The van der Waals surface area contributed by atoms with Gasteiger partial charge in [-0.25, -0.2) is 9.59 Å². The second-order valence-corrected chi connectivity index (χ2v) is 15.2. The number of rotatable bonds is 6. The van der Waals surface area contributed by atoms with Crippen LogP contribution in [0.4, 0.5) is 13.2 Å². The molecule has 1 N–H and O–H groups in total. The summed E-state index contributed by atoms with van der Waals surface area (Å²) in [6.45, 7) is 9.56. The van der Waals surface area contributed by atoms with Crippen LogP contribution in [0, 0.1) is 28.6 Å². The smallest absolute Gasteiger partial charge is 0.432 e. The number of allylic oxidation sites excluding steroid dienone is 1. The van der Waals surface area contributed by atoms with Crippen LogP contribution in [-0.2, 0) is 38.9 Å². The molecule has 1 saturated heterocycles. The van der Waals surface area contributed by atoms with Crippen molar-refractivity contribution in [2.45, 2.75) is 109 Å². The Labute approximate surface area is 283 Å². The molecule has 1 aromatic carbocycles. The third kappa shape index (κ3) is 4.37. The van der Waals surface area contributed by atoms with Gasteiger partial charge in [-0.1, -0.05) is 60.9 Å². The number of benzene rings is 1. The molecule has 7 rings (SSSR count). The van der Waals surface area contributed by atoms with Gasteiger partial charge in [-0.15, -0.1) is 0 Å². The Balaban J connectivity index is 1.20. The summed E-state index contributed by atoms with van der Waals surface area (Å²) in [7, 11) is 0.821. The van der Waals surface area contributed by atoms with Gasteiger partial charge in [-0.05, 0) is 70.4 Å². The van der Waals surface area contributed by atoms with Crippen LogP contribution >= 0.6 is 0 Å². The molecule has 11 atom stereocenters. The molecule has 264 valence electrons. The standard InChI is InChI=1S/C38H43F3O8/c1-19-16-27(47-32(44)20(19)2)21(3)34(4)25-12-13-26-24(23(25)17-29(34)43)18-31-37(49-31)30(15-14-28(42)35(26,37)5)48-33(45)36(46-6,38(39,40)41)22-10-8-7-9-11-22/h7-11,14-15,21,24,26-27,29-31,43H,12-13,16-18H2,1-6H3/t21-,24+,26+,27-,29-,30+,31-,34+,35+,36+,37-/m1/s1. The Kier molecular flexibility index (Phi) is 7.75. The van der Waals surface area contributed by atoms with Crippen molar-refractivity contribution in [1.82, 2.24) is 0 Å². The highest BCUT2D eigenvalue weighted by Crippen LogP contribution is 2.71. The number of aliphatic hydroxyl groups is 1. The van der Waals surface area contributed by atoms with E-state index in [0.29, 0.717) is 37.7 Å². The number of cyclic esters (lactones) is 1. The van der Waals surface area contributed by atoms with Gasteiger partial charge in [0.15, 0.2) is 11.9 Å². The van der Waals surface area contributed by atoms with E-state index in [1.54, 1.807) is 13.8 Å². The summed E-state index contributed by atoms with van der Waals surface area (Å²) in [6, 6.07) is 6.64. The largest absolute Gasteiger partial charge is 0.458 e. The van der Waals surface area contributed by atoms with Crippen LogP contribution in [0.1, 0.15) is 72.3 Å². The van der Waals surface area contributed by atoms with E-state index in [1.165, 1.54) is 30.4 Å². The first-order valence-electron chi connectivity index (χ1n) is 17.1. The van der Waals surface area contributed by atoms with Gasteiger partial charge >= 0.3 is 18.1 Å². The van der Waals surface area contributed by atoms with Crippen molar-refractivity contribution in [3.05, 3.63) is 70.3 Å². The molecule has 1 saturated carbocycles. The SMILES string of the molecule is CO[C@](C(=O)O[C@H]1C=CC(=O)[C@]2(C)[C@H]3CCC4=C(C[C@@H](O)[C@@]4(C)[C@H](C)[C@H]4CC(C)=C(C)C(=O)O4)[C@@H]3C[C@H]3O[C@]132)(c1ccccc1)C(F)(F)F. The molecule has 8 nitrogen and oxygen atoms in total. The fourth-order valence-corrected chi connectivity index (χ4v) is 10.3. The van der Waals surface area contributed by atoms with Crippen molar-refractivity contribution in [3.63, 3.8) is 0 Å². The van der Waals surface area contributed by atoms with Gasteiger partial charge in [-0.2, -0.15) is 13.2 Å². The van der Waals surface area contributed by atoms with E-state index in [2.05, 4.69) is 0 Å². The molecule has 0 bridgehead atoms. The van der Waals surface area contributed by atoms with E-state index in [-0.39, 0.29) is 29.5 Å². The van der Waals surface area contributed by atoms with Crippen LogP contribution in [0.5, 0.6) is 0 Å². The maximum Gasteiger partial charge on any atom is 0.432 e. The number of carbonyl (C=O) groups excluding carboxylic acids is 3. The predicted octanol–water partition coefficient (Wildman–Crippen LogP) is 6.07. The first-order valence-corrected chi connectivity index (χ1v) is 17.1. The number of methoxy groups -OCH3 is 1. The molecule has 49 heavy (non-hydrogen) atoms. The zero-order valence-electron chi connectivity index (χ0n) is 28.6. The van der Waals surface area contributed by atoms with Crippen LogP contribution in [0.15, 0.2) is 64.8 Å². The minimum Gasteiger partial charge on any atom is -0.458 e. The number of ether oxygens (including phenoxy) is 4. The van der Waals surface area contributed by atoms with E-state index >= 15 is 0 Å². The first-order chi connectivity index (χ1) is 23.0. The molecule has 0 unspecified atom stereocenters. The van der Waals surface area contributed by atoms with Crippen LogP contribution in [-0.4, -0.2) is 66.1 Å².